The number of hydrogen-bond donors (Lipinski definition) is 0. The molecule has 1 unspecified atom stereocenters. The third kappa shape index (κ3) is 0.879. The van der Waals surface area contributed by atoms with Crippen molar-refractivity contribution in [1.82, 2.24) is 0 Å². The predicted octanol–water partition coefficient (Wildman–Crippen LogP) is 1.32. The molecule has 0 aromatic carbocycles. The first-order valence-corrected chi connectivity index (χ1v) is 3.75. The predicted molar refractivity (Wildman–Crippen MR) is 37.5 cm³/mol. The number of methoxy groups -OCH3 is 1. The average molecular weight is 140 g/mol. The SMILES string of the molecule is COC1C[C@H]2C=CC[C@H]2O1. The van der Waals surface area contributed by atoms with Gasteiger partial charge in [-0.1, -0.05) is 12.2 Å². The number of hydrogen-bond acceptors (Lipinski definition) is 2. The first kappa shape index (κ1) is 6.38. The summed E-state index contributed by atoms with van der Waals surface area (Å²) in [7, 11) is 1.70. The van der Waals surface area contributed by atoms with E-state index in [0.29, 0.717) is 12.0 Å². The van der Waals surface area contributed by atoms with Gasteiger partial charge in [0.2, 0.25) is 0 Å². The van der Waals surface area contributed by atoms with Gasteiger partial charge in [-0.15, -0.1) is 0 Å². The van der Waals surface area contributed by atoms with Crippen LogP contribution in [0.1, 0.15) is 12.8 Å². The van der Waals surface area contributed by atoms with Gasteiger partial charge in [0, 0.05) is 19.4 Å². The Balaban J connectivity index is 1.99. The highest BCUT2D eigenvalue weighted by Crippen LogP contribution is 2.34. The Hall–Kier alpha value is -0.340. The molecule has 0 aromatic rings. The highest BCUT2D eigenvalue weighted by molar-refractivity contribution is 5.05. The zero-order valence-electron chi connectivity index (χ0n) is 6.12. The second kappa shape index (κ2) is 2.36. The molecule has 1 fully saturated rings. The van der Waals surface area contributed by atoms with Gasteiger partial charge in [-0.25, -0.2) is 0 Å². The van der Waals surface area contributed by atoms with Crippen LogP contribution >= 0.6 is 0 Å². The minimum absolute atomic E-state index is 0.0555. The van der Waals surface area contributed by atoms with Crippen LogP contribution in [0.3, 0.4) is 0 Å². The summed E-state index contributed by atoms with van der Waals surface area (Å²) in [5, 5.41) is 0. The average Bonchev–Trinajstić information content (AvgIpc) is 2.42. The Morgan fingerprint density at radius 3 is 3.20 bits per heavy atom. The highest BCUT2D eigenvalue weighted by Gasteiger charge is 2.35. The van der Waals surface area contributed by atoms with E-state index in [-0.39, 0.29) is 6.29 Å². The fourth-order valence-corrected chi connectivity index (χ4v) is 1.70. The van der Waals surface area contributed by atoms with Crippen LogP contribution in [0.2, 0.25) is 0 Å². The van der Waals surface area contributed by atoms with Gasteiger partial charge in [0.25, 0.3) is 0 Å². The van der Waals surface area contributed by atoms with Gasteiger partial charge in [-0.05, 0) is 6.42 Å². The van der Waals surface area contributed by atoms with Gasteiger partial charge < -0.3 is 9.47 Å². The van der Waals surface area contributed by atoms with Crippen molar-refractivity contribution in [3.8, 4) is 0 Å². The van der Waals surface area contributed by atoms with E-state index < -0.39 is 0 Å². The molecule has 2 aliphatic rings. The molecular weight excluding hydrogens is 128 g/mol. The van der Waals surface area contributed by atoms with E-state index in [9.17, 15) is 0 Å². The molecule has 1 heterocycles. The third-order valence-electron chi connectivity index (χ3n) is 2.28. The zero-order chi connectivity index (χ0) is 6.97. The van der Waals surface area contributed by atoms with E-state index in [0.717, 1.165) is 12.8 Å². The minimum Gasteiger partial charge on any atom is -0.356 e. The van der Waals surface area contributed by atoms with Crippen LogP contribution in [0.4, 0.5) is 0 Å². The lowest BCUT2D eigenvalue weighted by atomic mass is 10.1. The summed E-state index contributed by atoms with van der Waals surface area (Å²) < 4.78 is 10.6. The molecule has 0 spiro atoms. The molecule has 2 rings (SSSR count). The standard InChI is InChI=1S/C8H12O2/c1-9-8-5-6-3-2-4-7(6)10-8/h2-3,6-8H,4-5H2,1H3/t6-,7-,8?/m1/s1. The molecule has 3 atom stereocenters. The summed E-state index contributed by atoms with van der Waals surface area (Å²) in [5.74, 6) is 0.630. The quantitative estimate of drug-likeness (QED) is 0.511. The molecule has 1 aliphatic heterocycles. The van der Waals surface area contributed by atoms with Crippen molar-refractivity contribution >= 4 is 0 Å². The van der Waals surface area contributed by atoms with E-state index in [1.54, 1.807) is 7.11 Å². The molecule has 0 N–H and O–H groups in total. The largest absolute Gasteiger partial charge is 0.356 e. The summed E-state index contributed by atoms with van der Waals surface area (Å²) in [5.41, 5.74) is 0. The zero-order valence-corrected chi connectivity index (χ0v) is 6.12. The van der Waals surface area contributed by atoms with Crippen molar-refractivity contribution in [2.45, 2.75) is 25.2 Å². The molecule has 0 radical (unpaired) electrons. The first-order valence-electron chi connectivity index (χ1n) is 3.75. The fourth-order valence-electron chi connectivity index (χ4n) is 1.70. The van der Waals surface area contributed by atoms with Crippen molar-refractivity contribution in [1.29, 1.82) is 0 Å². The van der Waals surface area contributed by atoms with Gasteiger partial charge >= 0.3 is 0 Å². The molecule has 10 heavy (non-hydrogen) atoms. The monoisotopic (exact) mass is 140 g/mol. The summed E-state index contributed by atoms with van der Waals surface area (Å²) in [6, 6.07) is 0. The maximum atomic E-state index is 5.55. The maximum absolute atomic E-state index is 5.55. The Labute approximate surface area is 60.8 Å². The van der Waals surface area contributed by atoms with Crippen LogP contribution < -0.4 is 0 Å². The Morgan fingerprint density at radius 2 is 2.50 bits per heavy atom. The van der Waals surface area contributed by atoms with Gasteiger partial charge in [-0.2, -0.15) is 0 Å². The summed E-state index contributed by atoms with van der Waals surface area (Å²) >= 11 is 0. The molecule has 2 heteroatoms. The van der Waals surface area contributed by atoms with E-state index in [4.69, 9.17) is 9.47 Å². The summed E-state index contributed by atoms with van der Waals surface area (Å²) in [4.78, 5) is 0. The maximum Gasteiger partial charge on any atom is 0.158 e. The molecule has 0 aromatic heterocycles. The van der Waals surface area contributed by atoms with E-state index in [1.807, 2.05) is 0 Å². The Morgan fingerprint density at radius 1 is 1.60 bits per heavy atom. The van der Waals surface area contributed by atoms with Crippen LogP contribution in [-0.2, 0) is 9.47 Å². The second-order valence-electron chi connectivity index (χ2n) is 2.90. The van der Waals surface area contributed by atoms with E-state index in [1.165, 1.54) is 0 Å². The molecule has 1 aliphatic carbocycles. The topological polar surface area (TPSA) is 18.5 Å². The van der Waals surface area contributed by atoms with Crippen LogP contribution in [0.5, 0.6) is 0 Å². The fraction of sp³-hybridized carbons (Fsp3) is 0.750. The lowest BCUT2D eigenvalue weighted by Gasteiger charge is -2.08. The molecule has 2 nitrogen and oxygen atoms in total. The normalized spacial score (nSPS) is 44.3. The lowest BCUT2D eigenvalue weighted by Crippen LogP contribution is -2.11. The smallest absolute Gasteiger partial charge is 0.158 e. The molecule has 1 saturated heterocycles. The Kier molecular flexibility index (Phi) is 1.51. The van der Waals surface area contributed by atoms with Gasteiger partial charge in [0.1, 0.15) is 0 Å². The Bertz CT molecular complexity index is 153. The summed E-state index contributed by atoms with van der Waals surface area (Å²) in [6.07, 6.45) is 7.03. The van der Waals surface area contributed by atoms with Crippen molar-refractivity contribution in [3.63, 3.8) is 0 Å². The molecular formula is C8H12O2. The van der Waals surface area contributed by atoms with Gasteiger partial charge in [-0.3, -0.25) is 0 Å². The van der Waals surface area contributed by atoms with Crippen LogP contribution in [0.15, 0.2) is 12.2 Å². The van der Waals surface area contributed by atoms with Crippen molar-refractivity contribution in [2.24, 2.45) is 5.92 Å². The van der Waals surface area contributed by atoms with E-state index in [2.05, 4.69) is 12.2 Å². The lowest BCUT2D eigenvalue weighted by molar-refractivity contribution is -0.113. The van der Waals surface area contributed by atoms with Crippen LogP contribution in [0.25, 0.3) is 0 Å². The van der Waals surface area contributed by atoms with Crippen LogP contribution in [-0.4, -0.2) is 19.5 Å². The third-order valence-corrected chi connectivity index (χ3v) is 2.28. The molecule has 0 bridgehead atoms. The molecule has 0 amide bonds. The number of fused-ring (bicyclic) bond motifs is 1. The van der Waals surface area contributed by atoms with E-state index >= 15 is 0 Å². The first-order chi connectivity index (χ1) is 4.90. The highest BCUT2D eigenvalue weighted by atomic mass is 16.7. The van der Waals surface area contributed by atoms with Crippen molar-refractivity contribution in [2.75, 3.05) is 7.11 Å². The van der Waals surface area contributed by atoms with Gasteiger partial charge in [0.05, 0.1) is 6.10 Å². The van der Waals surface area contributed by atoms with Crippen LogP contribution in [0, 0.1) is 5.92 Å². The minimum atomic E-state index is 0.0555. The van der Waals surface area contributed by atoms with Crippen molar-refractivity contribution < 1.29 is 9.47 Å². The summed E-state index contributed by atoms with van der Waals surface area (Å²) in [6.45, 7) is 0. The second-order valence-corrected chi connectivity index (χ2v) is 2.90. The van der Waals surface area contributed by atoms with Crippen molar-refractivity contribution in [3.05, 3.63) is 12.2 Å². The number of rotatable bonds is 1. The number of ether oxygens (including phenoxy) is 2. The van der Waals surface area contributed by atoms with Gasteiger partial charge in [0.15, 0.2) is 6.29 Å². The molecule has 0 saturated carbocycles. The molecule has 56 valence electrons.